The second-order valence-electron chi connectivity index (χ2n) is 5.42. The van der Waals surface area contributed by atoms with E-state index in [9.17, 15) is 15.0 Å². The maximum Gasteiger partial charge on any atom is 0.251 e. The molecule has 2 fully saturated rings. The van der Waals surface area contributed by atoms with Gasteiger partial charge in [-0.3, -0.25) is 4.79 Å². The number of carbonyl (C=O) groups is 1. The average molecular weight is 309 g/mol. The summed E-state index contributed by atoms with van der Waals surface area (Å²) in [5.74, 6) is -0.397. The molecule has 120 valence electrons. The molecule has 22 heavy (non-hydrogen) atoms. The maximum atomic E-state index is 12.2. The van der Waals surface area contributed by atoms with E-state index in [4.69, 9.17) is 14.2 Å². The third kappa shape index (κ3) is 2.99. The number of benzene rings is 1. The van der Waals surface area contributed by atoms with Gasteiger partial charge in [0.15, 0.2) is 12.6 Å². The largest absolute Gasteiger partial charge is 0.388 e. The zero-order chi connectivity index (χ0) is 15.7. The minimum Gasteiger partial charge on any atom is -0.388 e. The first-order chi connectivity index (χ1) is 10.6. The van der Waals surface area contributed by atoms with Gasteiger partial charge in [0.25, 0.3) is 5.91 Å². The molecule has 1 unspecified atom stereocenters. The number of amides is 1. The Balaban J connectivity index is 1.71. The molecule has 3 rings (SSSR count). The first kappa shape index (κ1) is 15.4. The highest BCUT2D eigenvalue weighted by Crippen LogP contribution is 2.27. The van der Waals surface area contributed by atoms with Crippen molar-refractivity contribution < 1.29 is 29.2 Å². The molecular formula is C15H19NO6. The summed E-state index contributed by atoms with van der Waals surface area (Å²) in [5.41, 5.74) is 0.435. The zero-order valence-corrected chi connectivity index (χ0v) is 12.1. The van der Waals surface area contributed by atoms with E-state index in [-0.39, 0.29) is 6.61 Å². The molecule has 1 aromatic carbocycles. The zero-order valence-electron chi connectivity index (χ0n) is 12.1. The van der Waals surface area contributed by atoms with Crippen LogP contribution < -0.4 is 5.32 Å². The Morgan fingerprint density at radius 3 is 2.68 bits per heavy atom. The van der Waals surface area contributed by atoms with E-state index in [0.29, 0.717) is 5.56 Å². The predicted molar refractivity (Wildman–Crippen MR) is 74.9 cm³/mol. The lowest BCUT2D eigenvalue weighted by Crippen LogP contribution is -2.66. The number of ether oxygens (including phenoxy) is 3. The lowest BCUT2D eigenvalue weighted by molar-refractivity contribution is -0.330. The van der Waals surface area contributed by atoms with Crippen LogP contribution in [0.25, 0.3) is 0 Å². The van der Waals surface area contributed by atoms with E-state index < -0.39 is 42.8 Å². The number of carbonyl (C=O) groups excluding carboxylic acids is 1. The van der Waals surface area contributed by atoms with Crippen molar-refractivity contribution in [1.29, 1.82) is 0 Å². The molecule has 7 heteroatoms. The van der Waals surface area contributed by atoms with Crippen molar-refractivity contribution in [2.45, 2.75) is 43.9 Å². The minimum atomic E-state index is -1.33. The SMILES string of the molecule is C[C@@H]1OC[C@H]2OC(O)[C@H](NC(=O)c3ccccc3)[C@@H](O)[C@@H]2O1. The van der Waals surface area contributed by atoms with Crippen LogP contribution in [-0.2, 0) is 14.2 Å². The van der Waals surface area contributed by atoms with Gasteiger partial charge >= 0.3 is 0 Å². The number of fused-ring (bicyclic) bond motifs is 1. The Hall–Kier alpha value is -1.51. The highest BCUT2D eigenvalue weighted by molar-refractivity contribution is 5.94. The Labute approximate surface area is 127 Å². The van der Waals surface area contributed by atoms with E-state index >= 15 is 0 Å². The smallest absolute Gasteiger partial charge is 0.251 e. The van der Waals surface area contributed by atoms with Gasteiger partial charge in [-0.25, -0.2) is 0 Å². The van der Waals surface area contributed by atoms with Gasteiger partial charge < -0.3 is 29.7 Å². The molecule has 0 radical (unpaired) electrons. The predicted octanol–water partition coefficient (Wildman–Crippen LogP) is -0.376. The van der Waals surface area contributed by atoms with Gasteiger partial charge in [-0.1, -0.05) is 18.2 Å². The molecule has 0 aliphatic carbocycles. The van der Waals surface area contributed by atoms with Crippen molar-refractivity contribution in [3.63, 3.8) is 0 Å². The van der Waals surface area contributed by atoms with Crippen LogP contribution in [0.2, 0.25) is 0 Å². The highest BCUT2D eigenvalue weighted by Gasteiger charge is 2.48. The Morgan fingerprint density at radius 2 is 1.95 bits per heavy atom. The van der Waals surface area contributed by atoms with E-state index in [1.165, 1.54) is 0 Å². The lowest BCUT2D eigenvalue weighted by Gasteiger charge is -2.46. The summed E-state index contributed by atoms with van der Waals surface area (Å²) >= 11 is 0. The number of hydrogen-bond acceptors (Lipinski definition) is 6. The van der Waals surface area contributed by atoms with Crippen molar-refractivity contribution in [3.05, 3.63) is 35.9 Å². The Morgan fingerprint density at radius 1 is 1.23 bits per heavy atom. The lowest BCUT2D eigenvalue weighted by atomic mass is 9.96. The summed E-state index contributed by atoms with van der Waals surface area (Å²) in [4.78, 5) is 12.2. The van der Waals surface area contributed by atoms with Gasteiger partial charge in [0.2, 0.25) is 0 Å². The number of rotatable bonds is 2. The number of nitrogens with one attached hydrogen (secondary N) is 1. The van der Waals surface area contributed by atoms with Crippen molar-refractivity contribution >= 4 is 5.91 Å². The number of aliphatic hydroxyl groups excluding tert-OH is 2. The van der Waals surface area contributed by atoms with Gasteiger partial charge in [-0.2, -0.15) is 0 Å². The molecule has 7 nitrogen and oxygen atoms in total. The third-order valence-electron chi connectivity index (χ3n) is 3.87. The van der Waals surface area contributed by atoms with E-state index in [0.717, 1.165) is 0 Å². The molecule has 0 aromatic heterocycles. The van der Waals surface area contributed by atoms with E-state index in [1.807, 2.05) is 0 Å². The third-order valence-corrected chi connectivity index (χ3v) is 3.87. The molecule has 6 atom stereocenters. The van der Waals surface area contributed by atoms with Gasteiger partial charge in [0.05, 0.1) is 6.61 Å². The van der Waals surface area contributed by atoms with Crippen molar-refractivity contribution in [2.75, 3.05) is 6.61 Å². The second kappa shape index (κ2) is 6.31. The van der Waals surface area contributed by atoms with Gasteiger partial charge in [0, 0.05) is 5.56 Å². The Bertz CT molecular complexity index is 524. The van der Waals surface area contributed by atoms with Crippen LogP contribution >= 0.6 is 0 Å². The fourth-order valence-electron chi connectivity index (χ4n) is 2.71. The molecule has 3 N–H and O–H groups in total. The van der Waals surface area contributed by atoms with Crippen LogP contribution in [0.5, 0.6) is 0 Å². The average Bonchev–Trinajstić information content (AvgIpc) is 2.53. The standard InChI is InChI=1S/C15H19NO6/c1-8-20-7-10-13(21-8)12(17)11(15(19)22-10)16-14(18)9-5-3-2-4-6-9/h2-6,8,10-13,15,17,19H,7H2,1H3,(H,16,18)/t8-,10-,11-,12-,13-,15?/m1/s1. The molecule has 0 bridgehead atoms. The van der Waals surface area contributed by atoms with Crippen LogP contribution in [0.4, 0.5) is 0 Å². The van der Waals surface area contributed by atoms with Gasteiger partial charge in [0.1, 0.15) is 24.4 Å². The molecule has 2 aliphatic rings. The topological polar surface area (TPSA) is 97.2 Å². The first-order valence-electron chi connectivity index (χ1n) is 7.21. The first-order valence-corrected chi connectivity index (χ1v) is 7.21. The summed E-state index contributed by atoms with van der Waals surface area (Å²) in [5, 5.41) is 23.0. The molecule has 0 spiro atoms. The van der Waals surface area contributed by atoms with Gasteiger partial charge in [-0.15, -0.1) is 0 Å². The molecular weight excluding hydrogens is 290 g/mol. The monoisotopic (exact) mass is 309 g/mol. The number of aliphatic hydroxyl groups is 2. The minimum absolute atomic E-state index is 0.222. The van der Waals surface area contributed by atoms with Crippen LogP contribution in [-0.4, -0.2) is 59.7 Å². The van der Waals surface area contributed by atoms with E-state index in [1.54, 1.807) is 37.3 Å². The summed E-state index contributed by atoms with van der Waals surface area (Å²) in [7, 11) is 0. The van der Waals surface area contributed by atoms with Crippen LogP contribution in [0, 0.1) is 0 Å². The molecule has 0 saturated carbocycles. The second-order valence-corrected chi connectivity index (χ2v) is 5.42. The fourth-order valence-corrected chi connectivity index (χ4v) is 2.71. The van der Waals surface area contributed by atoms with Crippen LogP contribution in [0.15, 0.2) is 30.3 Å². The van der Waals surface area contributed by atoms with Crippen LogP contribution in [0.1, 0.15) is 17.3 Å². The summed E-state index contributed by atoms with van der Waals surface area (Å²) in [6.45, 7) is 1.94. The van der Waals surface area contributed by atoms with E-state index in [2.05, 4.69) is 5.32 Å². The Kier molecular flexibility index (Phi) is 4.42. The normalized spacial score (nSPS) is 38.1. The molecule has 1 aromatic rings. The molecule has 2 heterocycles. The highest BCUT2D eigenvalue weighted by atomic mass is 16.7. The summed E-state index contributed by atoms with van der Waals surface area (Å²) in [6, 6.07) is 7.59. The molecule has 2 aliphatic heterocycles. The summed E-state index contributed by atoms with van der Waals surface area (Å²) < 4.78 is 16.2. The molecule has 2 saturated heterocycles. The van der Waals surface area contributed by atoms with Crippen LogP contribution in [0.3, 0.4) is 0 Å². The van der Waals surface area contributed by atoms with Gasteiger partial charge in [-0.05, 0) is 19.1 Å². The summed E-state index contributed by atoms with van der Waals surface area (Å²) in [6.07, 6.45) is -4.11. The van der Waals surface area contributed by atoms with Crippen molar-refractivity contribution in [1.82, 2.24) is 5.32 Å². The van der Waals surface area contributed by atoms with Crippen molar-refractivity contribution in [2.24, 2.45) is 0 Å². The fraction of sp³-hybridized carbons (Fsp3) is 0.533. The van der Waals surface area contributed by atoms with Crippen molar-refractivity contribution in [3.8, 4) is 0 Å². The maximum absolute atomic E-state index is 12.2. The quantitative estimate of drug-likeness (QED) is 0.689. The molecule has 1 amide bonds. The number of hydrogen-bond donors (Lipinski definition) is 3.